The summed E-state index contributed by atoms with van der Waals surface area (Å²) in [6.45, 7) is 6.01. The molecule has 0 unspecified atom stereocenters. The van der Waals surface area contributed by atoms with E-state index in [-0.39, 0.29) is 17.9 Å². The van der Waals surface area contributed by atoms with Crippen LogP contribution in [0.4, 0.5) is 0 Å². The lowest BCUT2D eigenvalue weighted by molar-refractivity contribution is -0.136. The minimum atomic E-state index is -0.443. The fraction of sp³-hybridized carbons (Fsp3) is 0.571. The van der Waals surface area contributed by atoms with Crippen molar-refractivity contribution >= 4 is 23.2 Å². The van der Waals surface area contributed by atoms with E-state index < -0.39 is 6.04 Å². The molecule has 2 amide bonds. The van der Waals surface area contributed by atoms with Crippen LogP contribution in [0.3, 0.4) is 0 Å². The Morgan fingerprint density at radius 1 is 1.53 bits per heavy atom. The maximum Gasteiger partial charge on any atom is 0.245 e. The highest BCUT2D eigenvalue weighted by molar-refractivity contribution is 7.07. The summed E-state index contributed by atoms with van der Waals surface area (Å²) in [5, 5.41) is 6.89. The molecule has 0 saturated carbocycles. The molecule has 1 fully saturated rings. The molecular weight excluding hydrogens is 260 g/mol. The Kier molecular flexibility index (Phi) is 4.24. The second-order valence-electron chi connectivity index (χ2n) is 5.25. The molecule has 1 aromatic rings. The van der Waals surface area contributed by atoms with Crippen LogP contribution >= 0.6 is 11.3 Å². The van der Waals surface area contributed by atoms with E-state index >= 15 is 0 Å². The lowest BCUT2D eigenvalue weighted by Gasteiger charge is -2.25. The second kappa shape index (κ2) is 5.74. The van der Waals surface area contributed by atoms with E-state index in [1.54, 1.807) is 18.3 Å². The summed E-state index contributed by atoms with van der Waals surface area (Å²) in [5.41, 5.74) is 1.32. The van der Waals surface area contributed by atoms with Crippen LogP contribution in [0.1, 0.15) is 38.7 Å². The number of nitrogens with one attached hydrogen (secondary N) is 1. The quantitative estimate of drug-likeness (QED) is 0.920. The average molecular weight is 280 g/mol. The number of hydrogen-bond acceptors (Lipinski definition) is 3. The molecular formula is C14H20N2O2S. The van der Waals surface area contributed by atoms with E-state index in [9.17, 15) is 9.59 Å². The first kappa shape index (κ1) is 14.1. The number of rotatable bonds is 3. The molecule has 0 bridgehead atoms. The highest BCUT2D eigenvalue weighted by atomic mass is 32.1. The minimum Gasteiger partial charge on any atom is -0.345 e. The predicted octanol–water partition coefficient (Wildman–Crippen LogP) is 1.98. The van der Waals surface area contributed by atoms with E-state index in [4.69, 9.17) is 0 Å². The summed E-state index contributed by atoms with van der Waals surface area (Å²) in [4.78, 5) is 25.2. The predicted molar refractivity (Wildman–Crippen MR) is 76.1 cm³/mol. The molecule has 104 valence electrons. The number of nitrogens with zero attached hydrogens (tertiary/aromatic N) is 1. The molecule has 1 N–H and O–H groups in total. The molecule has 0 aliphatic carbocycles. The Labute approximate surface area is 117 Å². The third-order valence-corrected chi connectivity index (χ3v) is 4.36. The topological polar surface area (TPSA) is 49.4 Å². The van der Waals surface area contributed by atoms with Gasteiger partial charge in [0.15, 0.2) is 0 Å². The number of amides is 2. The highest BCUT2D eigenvalue weighted by Crippen LogP contribution is 2.32. The average Bonchev–Trinajstić information content (AvgIpc) is 2.95. The van der Waals surface area contributed by atoms with Crippen molar-refractivity contribution in [2.75, 3.05) is 6.54 Å². The molecule has 3 atom stereocenters. The maximum atomic E-state index is 12.3. The van der Waals surface area contributed by atoms with Crippen LogP contribution in [-0.2, 0) is 9.59 Å². The van der Waals surface area contributed by atoms with Crippen molar-refractivity contribution < 1.29 is 9.59 Å². The zero-order chi connectivity index (χ0) is 14.0. The Hall–Kier alpha value is -1.36. The first-order valence-corrected chi connectivity index (χ1v) is 7.53. The van der Waals surface area contributed by atoms with Crippen LogP contribution in [-0.4, -0.2) is 35.3 Å². The Balaban J connectivity index is 2.01. The van der Waals surface area contributed by atoms with E-state index in [2.05, 4.69) is 29.1 Å². The molecule has 0 radical (unpaired) electrons. The molecule has 2 rings (SSSR count). The number of likely N-dealkylation sites (tertiary alicyclic amines) is 1. The van der Waals surface area contributed by atoms with Crippen molar-refractivity contribution in [2.45, 2.75) is 45.2 Å². The first-order valence-electron chi connectivity index (χ1n) is 6.58. The second-order valence-corrected chi connectivity index (χ2v) is 6.03. The van der Waals surface area contributed by atoms with Gasteiger partial charge in [0, 0.05) is 25.4 Å². The fourth-order valence-electron chi connectivity index (χ4n) is 2.70. The van der Waals surface area contributed by atoms with E-state index in [1.165, 1.54) is 12.5 Å². The third-order valence-electron chi connectivity index (χ3n) is 3.66. The van der Waals surface area contributed by atoms with Crippen molar-refractivity contribution in [3.63, 3.8) is 0 Å². The van der Waals surface area contributed by atoms with Gasteiger partial charge in [-0.05, 0) is 42.7 Å². The zero-order valence-electron chi connectivity index (χ0n) is 11.6. The van der Waals surface area contributed by atoms with Gasteiger partial charge in [-0.1, -0.05) is 0 Å². The maximum absolute atomic E-state index is 12.3. The van der Waals surface area contributed by atoms with Crippen molar-refractivity contribution in [3.05, 3.63) is 22.4 Å². The van der Waals surface area contributed by atoms with Crippen molar-refractivity contribution in [3.8, 4) is 0 Å². The van der Waals surface area contributed by atoms with Crippen LogP contribution in [0.25, 0.3) is 0 Å². The van der Waals surface area contributed by atoms with Crippen LogP contribution in [0, 0.1) is 0 Å². The summed E-state index contributed by atoms with van der Waals surface area (Å²) >= 11 is 1.69. The van der Waals surface area contributed by atoms with Crippen molar-refractivity contribution in [1.29, 1.82) is 0 Å². The van der Waals surface area contributed by atoms with Gasteiger partial charge >= 0.3 is 0 Å². The molecule has 1 aromatic heterocycles. The van der Waals surface area contributed by atoms with Gasteiger partial charge in [-0.2, -0.15) is 11.3 Å². The van der Waals surface area contributed by atoms with E-state index in [1.807, 2.05) is 4.90 Å². The van der Waals surface area contributed by atoms with Gasteiger partial charge in [-0.25, -0.2) is 0 Å². The Bertz CT molecular complexity index is 458. The molecule has 1 aliphatic rings. The zero-order valence-corrected chi connectivity index (χ0v) is 12.4. The molecule has 2 heterocycles. The summed E-state index contributed by atoms with van der Waals surface area (Å²) in [5.74, 6) is 0.275. The third kappa shape index (κ3) is 3.15. The first-order chi connectivity index (χ1) is 8.99. The normalized spacial score (nSPS) is 24.3. The SMILES string of the molecule is CC(=O)N[C@H](C)C(=O)N1C[C@H](c2ccsc2)C[C@@H]1C. The van der Waals surface area contributed by atoms with Gasteiger partial charge < -0.3 is 10.2 Å². The highest BCUT2D eigenvalue weighted by Gasteiger charge is 2.35. The van der Waals surface area contributed by atoms with Gasteiger partial charge in [0.1, 0.15) is 6.04 Å². The number of carbonyl (C=O) groups excluding carboxylic acids is 2. The van der Waals surface area contributed by atoms with Crippen molar-refractivity contribution in [2.24, 2.45) is 0 Å². The van der Waals surface area contributed by atoms with Gasteiger partial charge in [0.25, 0.3) is 0 Å². The Morgan fingerprint density at radius 3 is 2.84 bits per heavy atom. The summed E-state index contributed by atoms with van der Waals surface area (Å²) < 4.78 is 0. The van der Waals surface area contributed by atoms with E-state index in [0.717, 1.165) is 13.0 Å². The fourth-order valence-corrected chi connectivity index (χ4v) is 3.44. The molecule has 4 nitrogen and oxygen atoms in total. The van der Waals surface area contributed by atoms with Crippen LogP contribution in [0.2, 0.25) is 0 Å². The molecule has 19 heavy (non-hydrogen) atoms. The summed E-state index contributed by atoms with van der Waals surface area (Å²) in [7, 11) is 0. The van der Waals surface area contributed by atoms with E-state index in [0.29, 0.717) is 5.92 Å². The molecule has 1 saturated heterocycles. The van der Waals surface area contributed by atoms with Crippen LogP contribution < -0.4 is 5.32 Å². The monoisotopic (exact) mass is 280 g/mol. The van der Waals surface area contributed by atoms with Gasteiger partial charge in [0.2, 0.25) is 11.8 Å². The lowest BCUT2D eigenvalue weighted by atomic mass is 10.00. The van der Waals surface area contributed by atoms with Gasteiger partial charge in [-0.15, -0.1) is 0 Å². The molecule has 1 aliphatic heterocycles. The molecule has 0 aromatic carbocycles. The largest absolute Gasteiger partial charge is 0.345 e. The standard InChI is InChI=1S/C14H20N2O2S/c1-9-6-13(12-4-5-19-8-12)7-16(9)14(18)10(2)15-11(3)17/h4-5,8-10,13H,6-7H2,1-3H3,(H,15,17)/t9-,10+,13+/m0/s1. The van der Waals surface area contributed by atoms with Gasteiger partial charge in [-0.3, -0.25) is 9.59 Å². The summed E-state index contributed by atoms with van der Waals surface area (Å²) in [6.07, 6.45) is 0.995. The number of carbonyl (C=O) groups is 2. The van der Waals surface area contributed by atoms with Gasteiger partial charge in [0.05, 0.1) is 0 Å². The van der Waals surface area contributed by atoms with Crippen LogP contribution in [0.15, 0.2) is 16.8 Å². The lowest BCUT2D eigenvalue weighted by Crippen LogP contribution is -2.47. The van der Waals surface area contributed by atoms with Crippen molar-refractivity contribution in [1.82, 2.24) is 10.2 Å². The van der Waals surface area contributed by atoms with Crippen LogP contribution in [0.5, 0.6) is 0 Å². The molecule has 5 heteroatoms. The minimum absolute atomic E-state index is 0.0143. The Morgan fingerprint density at radius 2 is 2.26 bits per heavy atom. The number of thiophene rings is 1. The summed E-state index contributed by atoms with van der Waals surface area (Å²) in [6, 6.07) is 1.92. The molecule has 0 spiro atoms. The number of hydrogen-bond donors (Lipinski definition) is 1. The smallest absolute Gasteiger partial charge is 0.245 e.